The molecule has 3 unspecified atom stereocenters. The maximum absolute atomic E-state index is 12.8. The van der Waals surface area contributed by atoms with Crippen LogP contribution in [-0.4, -0.2) is 86.1 Å². The van der Waals surface area contributed by atoms with Crippen LogP contribution in [0.3, 0.4) is 0 Å². The Labute approximate surface area is 463 Å². The lowest BCUT2D eigenvalue weighted by Gasteiger charge is -2.37. The van der Waals surface area contributed by atoms with Gasteiger partial charge in [-0.3, -0.25) is 14.4 Å². The molecule has 0 aromatic heterocycles. The quantitative estimate of drug-likeness (QED) is 0.0252. The first-order valence-electron chi connectivity index (χ1n) is 31.8. The molecule has 0 aliphatic rings. The number of carbonyl (C=O) groups is 3. The van der Waals surface area contributed by atoms with Gasteiger partial charge < -0.3 is 33.2 Å². The number of ether oxygens (including phenoxy) is 7. The van der Waals surface area contributed by atoms with E-state index in [4.69, 9.17) is 33.2 Å². The zero-order valence-corrected chi connectivity index (χ0v) is 51.1. The van der Waals surface area contributed by atoms with Crippen LogP contribution in [0.4, 0.5) is 0 Å². The molecule has 0 spiro atoms. The monoisotopic (exact) mass is 1060 g/mol. The smallest absolute Gasteiger partial charge is 0.306 e. The van der Waals surface area contributed by atoms with Gasteiger partial charge in [0.1, 0.15) is 13.2 Å². The molecule has 10 heteroatoms. The zero-order chi connectivity index (χ0) is 55.7. The topological polar surface area (TPSA) is 116 Å². The molecule has 0 aromatic carbocycles. The van der Waals surface area contributed by atoms with E-state index in [2.05, 4.69) is 93.5 Å². The van der Waals surface area contributed by atoms with E-state index in [-0.39, 0.29) is 67.4 Å². The van der Waals surface area contributed by atoms with E-state index in [1.807, 2.05) is 0 Å². The molecule has 75 heavy (non-hydrogen) atoms. The van der Waals surface area contributed by atoms with Gasteiger partial charge in [0.15, 0.2) is 6.10 Å². The van der Waals surface area contributed by atoms with Crippen molar-refractivity contribution in [3.05, 3.63) is 24.3 Å². The molecule has 10 nitrogen and oxygen atoms in total. The van der Waals surface area contributed by atoms with Crippen molar-refractivity contribution in [2.45, 2.75) is 349 Å². The van der Waals surface area contributed by atoms with E-state index >= 15 is 0 Å². The van der Waals surface area contributed by atoms with Crippen molar-refractivity contribution in [3.63, 3.8) is 0 Å². The third-order valence-corrected chi connectivity index (χ3v) is 15.6. The standard InChI is InChI=1S/C65H122O10/c1-12-23-25-39-45-58(74-64(19-8,20-9)51-52-69-56(14-3)15-4)47-41-35-31-27-29-33-37-43-49-62(67)71-54-60(53-70-61(66)18-7)73-63(68)50-44-38-34-30-28-32-36-42-48-59(46-40-26-24-13-2)75-65(21-10,22-11)55-72-57(16-5)17-6/h35-36,41-42,56-60H,12-34,37-40,43-55H2,1-11H3/b41-35-,42-36-. The molecule has 442 valence electrons. The van der Waals surface area contributed by atoms with Crippen molar-refractivity contribution in [2.75, 3.05) is 26.4 Å². The highest BCUT2D eigenvalue weighted by Crippen LogP contribution is 2.31. The summed E-state index contributed by atoms with van der Waals surface area (Å²) >= 11 is 0. The van der Waals surface area contributed by atoms with Crippen LogP contribution in [0.25, 0.3) is 0 Å². The van der Waals surface area contributed by atoms with Gasteiger partial charge in [0.25, 0.3) is 0 Å². The Balaban J connectivity index is 4.72. The molecular formula is C65H122O10. The first kappa shape index (κ1) is 72.7. The fourth-order valence-corrected chi connectivity index (χ4v) is 9.73. The molecule has 3 atom stereocenters. The molecule has 0 saturated carbocycles. The highest BCUT2D eigenvalue weighted by molar-refractivity contribution is 5.71. The number of rotatable bonds is 55. The minimum Gasteiger partial charge on any atom is -0.462 e. The fraction of sp³-hybridized carbons (Fsp3) is 0.892. The summed E-state index contributed by atoms with van der Waals surface area (Å²) in [4.78, 5) is 37.4. The van der Waals surface area contributed by atoms with Crippen molar-refractivity contribution in [1.82, 2.24) is 0 Å². The molecule has 0 heterocycles. The highest BCUT2D eigenvalue weighted by atomic mass is 16.6. The summed E-state index contributed by atoms with van der Waals surface area (Å²) in [6.07, 6.45) is 45.5. The summed E-state index contributed by atoms with van der Waals surface area (Å²) < 4.78 is 43.0. The van der Waals surface area contributed by atoms with Crippen LogP contribution in [-0.2, 0) is 47.5 Å². The lowest BCUT2D eigenvalue weighted by Crippen LogP contribution is -2.41. The van der Waals surface area contributed by atoms with Gasteiger partial charge in [-0.25, -0.2) is 0 Å². The molecule has 0 aliphatic heterocycles. The van der Waals surface area contributed by atoms with E-state index in [0.717, 1.165) is 167 Å². The van der Waals surface area contributed by atoms with Gasteiger partial charge in [-0.1, -0.05) is 190 Å². The Hall–Kier alpha value is -2.27. The second-order valence-electron chi connectivity index (χ2n) is 21.6. The number of hydrogen-bond donors (Lipinski definition) is 0. The predicted molar refractivity (Wildman–Crippen MR) is 313 cm³/mol. The molecule has 0 fully saturated rings. The summed E-state index contributed by atoms with van der Waals surface area (Å²) in [5.41, 5.74) is -0.362. The summed E-state index contributed by atoms with van der Waals surface area (Å²) in [6.45, 7) is 25.2. The second-order valence-corrected chi connectivity index (χ2v) is 21.6. The molecule has 0 bridgehead atoms. The predicted octanol–water partition coefficient (Wildman–Crippen LogP) is 18.4. The van der Waals surface area contributed by atoms with Crippen LogP contribution >= 0.6 is 0 Å². The Kier molecular flexibility index (Phi) is 48.5. The van der Waals surface area contributed by atoms with E-state index in [9.17, 15) is 14.4 Å². The van der Waals surface area contributed by atoms with Crippen LogP contribution in [0.5, 0.6) is 0 Å². The van der Waals surface area contributed by atoms with Gasteiger partial charge in [-0.15, -0.1) is 0 Å². The Bertz CT molecular complexity index is 1360. The Morgan fingerprint density at radius 2 is 0.840 bits per heavy atom. The van der Waals surface area contributed by atoms with Crippen LogP contribution < -0.4 is 0 Å². The molecule has 0 saturated heterocycles. The molecular weight excluding hydrogens is 941 g/mol. The van der Waals surface area contributed by atoms with Gasteiger partial charge in [0.2, 0.25) is 0 Å². The highest BCUT2D eigenvalue weighted by Gasteiger charge is 2.32. The summed E-state index contributed by atoms with van der Waals surface area (Å²) in [5.74, 6) is -1.06. The second kappa shape index (κ2) is 50.0. The average Bonchev–Trinajstić information content (AvgIpc) is 3.42. The minimum absolute atomic E-state index is 0.118. The maximum Gasteiger partial charge on any atom is 0.306 e. The lowest BCUT2D eigenvalue weighted by molar-refractivity contribution is -0.166. The van der Waals surface area contributed by atoms with E-state index < -0.39 is 6.10 Å². The molecule has 0 aromatic rings. The molecule has 0 radical (unpaired) electrons. The van der Waals surface area contributed by atoms with Crippen molar-refractivity contribution in [3.8, 4) is 0 Å². The van der Waals surface area contributed by atoms with E-state index in [1.54, 1.807) is 6.92 Å². The first-order chi connectivity index (χ1) is 36.4. The SMILES string of the molecule is CCCCCCC(C/C=C\CCCCCCCC(=O)OCC(COC(=O)CC)OC(=O)CCCCCCC/C=C\CC(CCCCCC)OC(CC)(CC)COC(CC)CC)OC(CC)(CC)CCOC(CC)CC. The molecule has 0 aliphatic carbocycles. The van der Waals surface area contributed by atoms with Gasteiger partial charge in [0, 0.05) is 25.9 Å². The third kappa shape index (κ3) is 38.9. The minimum atomic E-state index is -0.816. The summed E-state index contributed by atoms with van der Waals surface area (Å²) in [5, 5.41) is 0. The number of unbranched alkanes of at least 4 members (excludes halogenated alkanes) is 16. The van der Waals surface area contributed by atoms with Crippen molar-refractivity contribution >= 4 is 17.9 Å². The van der Waals surface area contributed by atoms with Gasteiger partial charge >= 0.3 is 17.9 Å². The third-order valence-electron chi connectivity index (χ3n) is 15.6. The van der Waals surface area contributed by atoms with Gasteiger partial charge in [-0.05, 0) is 122 Å². The van der Waals surface area contributed by atoms with Crippen LogP contribution in [0.2, 0.25) is 0 Å². The van der Waals surface area contributed by atoms with Gasteiger partial charge in [0.05, 0.1) is 42.2 Å². The summed E-state index contributed by atoms with van der Waals surface area (Å²) in [6, 6.07) is 0. The van der Waals surface area contributed by atoms with Crippen LogP contribution in [0, 0.1) is 0 Å². The number of hydrogen-bond acceptors (Lipinski definition) is 10. The Morgan fingerprint density at radius 3 is 1.31 bits per heavy atom. The number of carbonyl (C=O) groups excluding carboxylic acids is 3. The van der Waals surface area contributed by atoms with Crippen LogP contribution in [0.15, 0.2) is 24.3 Å². The van der Waals surface area contributed by atoms with Crippen molar-refractivity contribution < 1.29 is 47.5 Å². The average molecular weight is 1060 g/mol. The zero-order valence-electron chi connectivity index (χ0n) is 51.1. The van der Waals surface area contributed by atoms with E-state index in [1.165, 1.54) is 51.4 Å². The lowest BCUT2D eigenvalue weighted by atomic mass is 9.92. The van der Waals surface area contributed by atoms with Gasteiger partial charge in [-0.2, -0.15) is 0 Å². The first-order valence-corrected chi connectivity index (χ1v) is 31.8. The largest absolute Gasteiger partial charge is 0.462 e. The van der Waals surface area contributed by atoms with Crippen LogP contribution in [0.1, 0.15) is 307 Å². The summed E-state index contributed by atoms with van der Waals surface area (Å²) in [7, 11) is 0. The van der Waals surface area contributed by atoms with E-state index in [0.29, 0.717) is 25.2 Å². The van der Waals surface area contributed by atoms with Crippen molar-refractivity contribution in [2.24, 2.45) is 0 Å². The molecule has 0 N–H and O–H groups in total. The molecule has 0 amide bonds. The normalized spacial score (nSPS) is 13.6. The fourth-order valence-electron chi connectivity index (χ4n) is 9.73. The number of allylic oxidation sites excluding steroid dienone is 2. The molecule has 0 rings (SSSR count). The maximum atomic E-state index is 12.8. The van der Waals surface area contributed by atoms with Crippen molar-refractivity contribution in [1.29, 1.82) is 0 Å². The number of esters is 3. The Morgan fingerprint density at radius 1 is 0.413 bits per heavy atom.